The van der Waals surface area contributed by atoms with Crippen molar-refractivity contribution in [3.8, 4) is 11.4 Å². The number of rotatable bonds is 7. The van der Waals surface area contributed by atoms with Crippen LogP contribution in [0, 0.1) is 13.8 Å². The van der Waals surface area contributed by atoms with E-state index in [1.807, 2.05) is 61.5 Å². The van der Waals surface area contributed by atoms with Gasteiger partial charge in [-0.15, -0.1) is 0 Å². The maximum atomic E-state index is 12.8. The van der Waals surface area contributed by atoms with Crippen molar-refractivity contribution in [1.82, 2.24) is 15.1 Å². The maximum absolute atomic E-state index is 12.8. The Balaban J connectivity index is 1.78. The summed E-state index contributed by atoms with van der Waals surface area (Å²) in [4.78, 5) is 25.3. The number of Topliss-reactive ketones (excluding diaryl/α,β-unsaturated/α-hetero) is 1. The van der Waals surface area contributed by atoms with E-state index in [4.69, 9.17) is 4.74 Å². The molecule has 0 bridgehead atoms. The number of nitrogens with one attached hydrogen (secondary N) is 1. The van der Waals surface area contributed by atoms with Crippen LogP contribution in [-0.2, 0) is 11.3 Å². The van der Waals surface area contributed by atoms with Gasteiger partial charge in [0.25, 0.3) is 11.7 Å². The molecule has 0 aliphatic rings. The lowest BCUT2D eigenvalue weighted by Crippen LogP contribution is -2.31. The highest BCUT2D eigenvalue weighted by Gasteiger charge is 2.25. The van der Waals surface area contributed by atoms with Gasteiger partial charge in [-0.25, -0.2) is 4.68 Å². The quantitative estimate of drug-likeness (QED) is 0.506. The maximum Gasteiger partial charge on any atom is 0.292 e. The van der Waals surface area contributed by atoms with Crippen molar-refractivity contribution in [3.05, 3.63) is 77.1 Å². The topological polar surface area (TPSA) is 73.2 Å². The van der Waals surface area contributed by atoms with Crippen molar-refractivity contribution in [3.63, 3.8) is 0 Å². The van der Waals surface area contributed by atoms with Crippen LogP contribution in [-0.4, -0.2) is 28.1 Å². The molecule has 144 valence electrons. The number of carbonyl (C=O) groups is 2. The summed E-state index contributed by atoms with van der Waals surface area (Å²) in [6.45, 7) is 6.16. The molecular weight excluding hydrogens is 354 g/mol. The zero-order valence-electron chi connectivity index (χ0n) is 16.2. The normalized spacial score (nSPS) is 10.5. The SMILES string of the molecule is CCOc1ccccc1CNC(=O)C(=O)c1c(C)nn(-c2ccccc2)c1C. The molecule has 0 fully saturated rings. The van der Waals surface area contributed by atoms with Crippen LogP contribution < -0.4 is 10.1 Å². The molecule has 3 rings (SSSR count). The molecule has 1 heterocycles. The van der Waals surface area contributed by atoms with Gasteiger partial charge in [-0.1, -0.05) is 36.4 Å². The number of aryl methyl sites for hydroxylation is 1. The first-order chi connectivity index (χ1) is 13.5. The van der Waals surface area contributed by atoms with Crippen LogP contribution in [0.1, 0.15) is 34.2 Å². The molecule has 0 aliphatic carbocycles. The van der Waals surface area contributed by atoms with Gasteiger partial charge in [0.15, 0.2) is 0 Å². The molecule has 6 heteroatoms. The number of para-hydroxylation sites is 2. The zero-order valence-corrected chi connectivity index (χ0v) is 16.2. The third-order valence-electron chi connectivity index (χ3n) is 4.44. The highest BCUT2D eigenvalue weighted by Crippen LogP contribution is 2.20. The summed E-state index contributed by atoms with van der Waals surface area (Å²) in [5.74, 6) is -0.557. The third-order valence-corrected chi connectivity index (χ3v) is 4.44. The molecule has 0 saturated heterocycles. The third kappa shape index (κ3) is 3.96. The number of ketones is 1. The second-order valence-electron chi connectivity index (χ2n) is 6.35. The van der Waals surface area contributed by atoms with Crippen molar-refractivity contribution in [2.45, 2.75) is 27.3 Å². The smallest absolute Gasteiger partial charge is 0.292 e. The van der Waals surface area contributed by atoms with Crippen molar-refractivity contribution < 1.29 is 14.3 Å². The fourth-order valence-electron chi connectivity index (χ4n) is 3.11. The number of aromatic nitrogens is 2. The first-order valence-corrected chi connectivity index (χ1v) is 9.17. The summed E-state index contributed by atoms with van der Waals surface area (Å²) >= 11 is 0. The number of benzene rings is 2. The largest absolute Gasteiger partial charge is 0.494 e. The van der Waals surface area contributed by atoms with Crippen molar-refractivity contribution in [2.24, 2.45) is 0 Å². The molecule has 0 unspecified atom stereocenters. The molecular formula is C22H23N3O3. The molecule has 1 N–H and O–H groups in total. The van der Waals surface area contributed by atoms with Crippen LogP contribution >= 0.6 is 0 Å². The van der Waals surface area contributed by atoms with E-state index in [-0.39, 0.29) is 6.54 Å². The Bertz CT molecular complexity index is 994. The molecule has 3 aromatic rings. The molecule has 1 amide bonds. The average Bonchev–Trinajstić information content (AvgIpc) is 3.01. The molecule has 2 aromatic carbocycles. The van der Waals surface area contributed by atoms with Crippen LogP contribution in [0.3, 0.4) is 0 Å². The summed E-state index contributed by atoms with van der Waals surface area (Å²) < 4.78 is 7.24. The van der Waals surface area contributed by atoms with E-state index >= 15 is 0 Å². The van der Waals surface area contributed by atoms with Gasteiger partial charge in [-0.3, -0.25) is 9.59 Å². The van der Waals surface area contributed by atoms with Gasteiger partial charge in [0, 0.05) is 12.1 Å². The summed E-state index contributed by atoms with van der Waals surface area (Å²) in [7, 11) is 0. The lowest BCUT2D eigenvalue weighted by atomic mass is 10.1. The number of hydrogen-bond donors (Lipinski definition) is 1. The molecule has 0 radical (unpaired) electrons. The molecule has 6 nitrogen and oxygen atoms in total. The standard InChI is InChI=1S/C22H23N3O3/c1-4-28-19-13-9-8-10-17(19)14-23-22(27)21(26)20-15(2)24-25(16(20)3)18-11-6-5-7-12-18/h5-13H,4,14H2,1-3H3,(H,23,27). The Hall–Kier alpha value is -3.41. The summed E-state index contributed by atoms with van der Waals surface area (Å²) in [6.07, 6.45) is 0. The van der Waals surface area contributed by atoms with Crippen LogP contribution in [0.5, 0.6) is 5.75 Å². The monoisotopic (exact) mass is 377 g/mol. The number of nitrogens with zero attached hydrogens (tertiary/aromatic N) is 2. The summed E-state index contributed by atoms with van der Waals surface area (Å²) in [5, 5.41) is 7.13. The van der Waals surface area contributed by atoms with Crippen molar-refractivity contribution in [1.29, 1.82) is 0 Å². The molecule has 1 aromatic heterocycles. The van der Waals surface area contributed by atoms with Crippen molar-refractivity contribution in [2.75, 3.05) is 6.61 Å². The van der Waals surface area contributed by atoms with Gasteiger partial charge >= 0.3 is 0 Å². The predicted octanol–water partition coefficient (Wildman–Crippen LogP) is 3.39. The molecule has 0 atom stereocenters. The van der Waals surface area contributed by atoms with Crippen LogP contribution in [0.4, 0.5) is 0 Å². The highest BCUT2D eigenvalue weighted by atomic mass is 16.5. The van der Waals surface area contributed by atoms with E-state index in [1.165, 1.54) is 0 Å². The van der Waals surface area contributed by atoms with Gasteiger partial charge in [-0.05, 0) is 39.0 Å². The Labute approximate surface area is 164 Å². The second kappa shape index (κ2) is 8.52. The fourth-order valence-corrected chi connectivity index (χ4v) is 3.11. The number of ether oxygens (including phenoxy) is 1. The first-order valence-electron chi connectivity index (χ1n) is 9.17. The lowest BCUT2D eigenvalue weighted by Gasteiger charge is -2.10. The van der Waals surface area contributed by atoms with E-state index < -0.39 is 11.7 Å². The number of hydrogen-bond acceptors (Lipinski definition) is 4. The van der Waals surface area contributed by atoms with Crippen LogP contribution in [0.2, 0.25) is 0 Å². The van der Waals surface area contributed by atoms with Gasteiger partial charge in [0.1, 0.15) is 5.75 Å². The van der Waals surface area contributed by atoms with Crippen LogP contribution in [0.15, 0.2) is 54.6 Å². The minimum atomic E-state index is -0.662. The minimum absolute atomic E-state index is 0.214. The van der Waals surface area contributed by atoms with E-state index in [0.29, 0.717) is 29.3 Å². The fraction of sp³-hybridized carbons (Fsp3) is 0.227. The molecule has 0 spiro atoms. The highest BCUT2D eigenvalue weighted by molar-refractivity contribution is 6.43. The Morgan fingerprint density at radius 1 is 1.04 bits per heavy atom. The molecule has 28 heavy (non-hydrogen) atoms. The van der Waals surface area contributed by atoms with E-state index in [0.717, 1.165) is 11.3 Å². The number of carbonyl (C=O) groups excluding carboxylic acids is 2. The first kappa shape index (κ1) is 19.4. The molecule has 0 saturated carbocycles. The van der Waals surface area contributed by atoms with Gasteiger partial charge < -0.3 is 10.1 Å². The summed E-state index contributed by atoms with van der Waals surface area (Å²) in [5.41, 5.74) is 3.15. The summed E-state index contributed by atoms with van der Waals surface area (Å²) in [6, 6.07) is 16.9. The minimum Gasteiger partial charge on any atom is -0.494 e. The second-order valence-corrected chi connectivity index (χ2v) is 6.35. The van der Waals surface area contributed by atoms with Crippen molar-refractivity contribution >= 4 is 11.7 Å². The zero-order chi connectivity index (χ0) is 20.1. The van der Waals surface area contributed by atoms with Gasteiger partial charge in [0.05, 0.1) is 29.2 Å². The number of amides is 1. The lowest BCUT2D eigenvalue weighted by molar-refractivity contribution is -0.117. The Morgan fingerprint density at radius 3 is 2.43 bits per heavy atom. The Kier molecular flexibility index (Phi) is 5.89. The predicted molar refractivity (Wildman–Crippen MR) is 107 cm³/mol. The van der Waals surface area contributed by atoms with E-state index in [2.05, 4.69) is 10.4 Å². The van der Waals surface area contributed by atoms with E-state index in [9.17, 15) is 9.59 Å². The van der Waals surface area contributed by atoms with Gasteiger partial charge in [0.2, 0.25) is 0 Å². The van der Waals surface area contributed by atoms with E-state index in [1.54, 1.807) is 18.5 Å². The average molecular weight is 377 g/mol. The molecule has 0 aliphatic heterocycles. The Morgan fingerprint density at radius 2 is 1.71 bits per heavy atom. The van der Waals surface area contributed by atoms with Crippen LogP contribution in [0.25, 0.3) is 5.69 Å². The van der Waals surface area contributed by atoms with Gasteiger partial charge in [-0.2, -0.15) is 5.10 Å².